The second-order valence-electron chi connectivity index (χ2n) is 5.83. The van der Waals surface area contributed by atoms with Gasteiger partial charge in [0, 0.05) is 11.7 Å². The fraction of sp³-hybridized carbons (Fsp3) is 0.222. The van der Waals surface area contributed by atoms with E-state index >= 15 is 0 Å². The fourth-order valence-electron chi connectivity index (χ4n) is 2.55. The predicted molar refractivity (Wildman–Crippen MR) is 98.9 cm³/mol. The third-order valence-electron chi connectivity index (χ3n) is 3.64. The van der Waals surface area contributed by atoms with Crippen LogP contribution in [0.4, 0.5) is 10.1 Å². The molecule has 0 aliphatic carbocycles. The summed E-state index contributed by atoms with van der Waals surface area (Å²) < 4.78 is 14.9. The Morgan fingerprint density at radius 1 is 1.19 bits per heavy atom. The third kappa shape index (κ3) is 4.08. The van der Waals surface area contributed by atoms with Gasteiger partial charge in [0.1, 0.15) is 5.82 Å². The Hall–Kier alpha value is -2.74. The molecule has 3 aromatic rings. The van der Waals surface area contributed by atoms with Crippen LogP contribution in [0.3, 0.4) is 0 Å². The molecule has 0 saturated carbocycles. The SMILES string of the molecule is CC(C)N(C(=O)CSc1nnnn1-c1cccc(F)c1)c1ccccc1. The highest BCUT2D eigenvalue weighted by atomic mass is 32.2. The maximum atomic E-state index is 13.4. The van der Waals surface area contributed by atoms with Crippen LogP contribution in [0.15, 0.2) is 59.8 Å². The number of thioether (sulfide) groups is 1. The summed E-state index contributed by atoms with van der Waals surface area (Å²) in [5.41, 5.74) is 1.35. The van der Waals surface area contributed by atoms with E-state index in [2.05, 4.69) is 15.5 Å². The molecule has 26 heavy (non-hydrogen) atoms. The van der Waals surface area contributed by atoms with E-state index in [4.69, 9.17) is 0 Å². The normalized spacial score (nSPS) is 10.9. The van der Waals surface area contributed by atoms with E-state index in [9.17, 15) is 9.18 Å². The summed E-state index contributed by atoms with van der Waals surface area (Å²) in [6.45, 7) is 3.93. The molecule has 0 atom stereocenters. The lowest BCUT2D eigenvalue weighted by Crippen LogP contribution is -2.38. The third-order valence-corrected chi connectivity index (χ3v) is 4.54. The molecule has 0 saturated heterocycles. The van der Waals surface area contributed by atoms with E-state index in [1.165, 1.54) is 28.6 Å². The summed E-state index contributed by atoms with van der Waals surface area (Å²) in [7, 11) is 0. The van der Waals surface area contributed by atoms with Crippen molar-refractivity contribution >= 4 is 23.4 Å². The number of carbonyl (C=O) groups is 1. The Morgan fingerprint density at radius 3 is 2.65 bits per heavy atom. The van der Waals surface area contributed by atoms with Gasteiger partial charge in [-0.05, 0) is 54.6 Å². The molecular weight excluding hydrogens is 353 g/mol. The summed E-state index contributed by atoms with van der Waals surface area (Å²) in [5, 5.41) is 11.9. The average Bonchev–Trinajstić information content (AvgIpc) is 3.09. The summed E-state index contributed by atoms with van der Waals surface area (Å²) >= 11 is 1.22. The van der Waals surface area contributed by atoms with Gasteiger partial charge in [-0.2, -0.15) is 4.68 Å². The van der Waals surface area contributed by atoms with Gasteiger partial charge in [-0.1, -0.05) is 36.0 Å². The van der Waals surface area contributed by atoms with Gasteiger partial charge in [-0.15, -0.1) is 5.10 Å². The first-order chi connectivity index (χ1) is 12.6. The van der Waals surface area contributed by atoms with Crippen LogP contribution in [0.5, 0.6) is 0 Å². The number of nitrogens with zero attached hydrogens (tertiary/aromatic N) is 5. The molecule has 134 valence electrons. The van der Waals surface area contributed by atoms with Crippen molar-refractivity contribution in [1.29, 1.82) is 0 Å². The molecule has 8 heteroatoms. The fourth-order valence-corrected chi connectivity index (χ4v) is 3.30. The number of rotatable bonds is 6. The molecule has 3 rings (SSSR count). The number of halogens is 1. The molecule has 0 spiro atoms. The lowest BCUT2D eigenvalue weighted by Gasteiger charge is -2.26. The first-order valence-electron chi connectivity index (χ1n) is 8.10. The molecule has 0 fully saturated rings. The van der Waals surface area contributed by atoms with Crippen molar-refractivity contribution in [3.8, 4) is 5.69 Å². The zero-order valence-electron chi connectivity index (χ0n) is 14.4. The van der Waals surface area contributed by atoms with E-state index in [-0.39, 0.29) is 23.5 Å². The van der Waals surface area contributed by atoms with Crippen LogP contribution in [0.1, 0.15) is 13.8 Å². The molecule has 6 nitrogen and oxygen atoms in total. The summed E-state index contributed by atoms with van der Waals surface area (Å²) in [4.78, 5) is 14.5. The van der Waals surface area contributed by atoms with Crippen molar-refractivity contribution in [3.05, 3.63) is 60.4 Å². The topological polar surface area (TPSA) is 63.9 Å². The lowest BCUT2D eigenvalue weighted by molar-refractivity contribution is -0.116. The minimum atomic E-state index is -0.375. The Labute approximate surface area is 155 Å². The largest absolute Gasteiger partial charge is 0.309 e. The molecule has 1 heterocycles. The zero-order valence-corrected chi connectivity index (χ0v) is 15.2. The molecule has 0 aliphatic rings. The standard InChI is InChI=1S/C18H18FN5OS/c1-13(2)23(15-8-4-3-5-9-15)17(25)12-26-18-20-21-22-24(18)16-10-6-7-14(19)11-16/h3-11,13H,12H2,1-2H3. The van der Waals surface area contributed by atoms with Gasteiger partial charge < -0.3 is 4.90 Å². The van der Waals surface area contributed by atoms with Gasteiger partial charge in [0.25, 0.3) is 0 Å². The second-order valence-corrected chi connectivity index (χ2v) is 6.78. The Bertz CT molecular complexity index is 884. The number of carbonyl (C=O) groups excluding carboxylic acids is 1. The molecule has 2 aromatic carbocycles. The van der Waals surface area contributed by atoms with Crippen LogP contribution in [-0.4, -0.2) is 37.9 Å². The molecule has 0 N–H and O–H groups in total. The van der Waals surface area contributed by atoms with Crippen molar-refractivity contribution in [1.82, 2.24) is 20.2 Å². The Morgan fingerprint density at radius 2 is 1.96 bits per heavy atom. The van der Waals surface area contributed by atoms with Crippen LogP contribution >= 0.6 is 11.8 Å². The van der Waals surface area contributed by atoms with E-state index in [0.717, 1.165) is 5.69 Å². The minimum Gasteiger partial charge on any atom is -0.309 e. The number of amides is 1. The number of hydrogen-bond donors (Lipinski definition) is 0. The van der Waals surface area contributed by atoms with Crippen LogP contribution in [0, 0.1) is 5.82 Å². The average molecular weight is 371 g/mol. The van der Waals surface area contributed by atoms with E-state index in [1.807, 2.05) is 44.2 Å². The van der Waals surface area contributed by atoms with Crippen LogP contribution in [0.25, 0.3) is 5.69 Å². The van der Waals surface area contributed by atoms with Crippen molar-refractivity contribution in [2.45, 2.75) is 25.0 Å². The number of hydrogen-bond acceptors (Lipinski definition) is 5. The Balaban J connectivity index is 1.75. The summed E-state index contributed by atoms with van der Waals surface area (Å²) in [6.07, 6.45) is 0. The lowest BCUT2D eigenvalue weighted by atomic mass is 10.2. The highest BCUT2D eigenvalue weighted by Gasteiger charge is 2.20. The maximum absolute atomic E-state index is 13.4. The minimum absolute atomic E-state index is 0.0183. The second kappa shape index (κ2) is 8.09. The first kappa shape index (κ1) is 18.1. The van der Waals surface area contributed by atoms with Gasteiger partial charge in [0.2, 0.25) is 11.1 Å². The van der Waals surface area contributed by atoms with Crippen molar-refractivity contribution < 1.29 is 9.18 Å². The van der Waals surface area contributed by atoms with Crippen molar-refractivity contribution in [3.63, 3.8) is 0 Å². The van der Waals surface area contributed by atoms with Gasteiger partial charge in [-0.3, -0.25) is 4.79 Å². The molecule has 0 unspecified atom stereocenters. The van der Waals surface area contributed by atoms with Crippen LogP contribution < -0.4 is 4.90 Å². The number of anilines is 1. The van der Waals surface area contributed by atoms with Crippen LogP contribution in [-0.2, 0) is 4.79 Å². The van der Waals surface area contributed by atoms with Crippen LogP contribution in [0.2, 0.25) is 0 Å². The van der Waals surface area contributed by atoms with E-state index in [0.29, 0.717) is 10.8 Å². The number of benzene rings is 2. The van der Waals surface area contributed by atoms with Gasteiger partial charge in [-0.25, -0.2) is 4.39 Å². The number of para-hydroxylation sites is 1. The number of tetrazole rings is 1. The summed E-state index contributed by atoms with van der Waals surface area (Å²) in [5.74, 6) is -0.256. The van der Waals surface area contributed by atoms with E-state index in [1.54, 1.807) is 17.0 Å². The monoisotopic (exact) mass is 371 g/mol. The smallest absolute Gasteiger partial charge is 0.237 e. The highest BCUT2D eigenvalue weighted by Crippen LogP contribution is 2.22. The zero-order chi connectivity index (χ0) is 18.5. The van der Waals surface area contributed by atoms with Gasteiger partial charge in [0.05, 0.1) is 11.4 Å². The van der Waals surface area contributed by atoms with E-state index < -0.39 is 0 Å². The Kier molecular flexibility index (Phi) is 5.62. The molecule has 0 aliphatic heterocycles. The molecule has 1 amide bonds. The number of aromatic nitrogens is 4. The molecular formula is C18H18FN5OS. The predicted octanol–water partition coefficient (Wildman–Crippen LogP) is 3.34. The highest BCUT2D eigenvalue weighted by molar-refractivity contribution is 7.99. The van der Waals surface area contributed by atoms with Crippen molar-refractivity contribution in [2.75, 3.05) is 10.7 Å². The van der Waals surface area contributed by atoms with Gasteiger partial charge in [0.15, 0.2) is 0 Å². The first-order valence-corrected chi connectivity index (χ1v) is 9.09. The molecule has 1 aromatic heterocycles. The molecule has 0 bridgehead atoms. The maximum Gasteiger partial charge on any atom is 0.237 e. The summed E-state index contributed by atoms with van der Waals surface area (Å²) in [6, 6.07) is 15.5. The van der Waals surface area contributed by atoms with Crippen molar-refractivity contribution in [2.24, 2.45) is 0 Å². The quantitative estimate of drug-likeness (QED) is 0.622. The molecule has 0 radical (unpaired) electrons. The van der Waals surface area contributed by atoms with Gasteiger partial charge >= 0.3 is 0 Å².